The number of fused-ring (bicyclic) bond motifs is 1. The van der Waals surface area contributed by atoms with Crippen molar-refractivity contribution in [3.8, 4) is 0 Å². The fraction of sp³-hybridized carbons (Fsp3) is 0.333. The van der Waals surface area contributed by atoms with Crippen LogP contribution in [-0.4, -0.2) is 33.7 Å². The molecule has 1 aliphatic heterocycles. The standard InChI is InChI=1S/C21H24N5O2S2/c1-2-3-16-13-29-21(24-16)23-15-6-4-14(5-7-15)10-11-22-20-25-18-9-8-17(26(27)28)12-19(18)30-20/h4-9,12,16,27H,2-3,10-11,13H2,1H3,(H,22,25)(H,23,24)/q-1. The summed E-state index contributed by atoms with van der Waals surface area (Å²) in [5, 5.41) is 28.5. The molecule has 0 bridgehead atoms. The number of anilines is 3. The van der Waals surface area contributed by atoms with Gasteiger partial charge in [-0.05, 0) is 48.7 Å². The molecular weight excluding hydrogens is 418 g/mol. The molecule has 7 nitrogen and oxygen atoms in total. The molecule has 3 N–H and O–H groups in total. The normalized spacial score (nSPS) is 16.0. The van der Waals surface area contributed by atoms with E-state index in [2.05, 4.69) is 46.8 Å². The molecular formula is C21H24N5O2S2-. The van der Waals surface area contributed by atoms with Gasteiger partial charge in [-0.1, -0.05) is 48.6 Å². The van der Waals surface area contributed by atoms with Crippen LogP contribution in [0.25, 0.3) is 10.2 Å². The Bertz CT molecular complexity index is 1020. The van der Waals surface area contributed by atoms with Crippen molar-refractivity contribution in [2.45, 2.75) is 32.2 Å². The molecule has 3 aromatic rings. The predicted molar refractivity (Wildman–Crippen MR) is 128 cm³/mol. The molecule has 30 heavy (non-hydrogen) atoms. The van der Waals surface area contributed by atoms with Crippen LogP contribution in [0.4, 0.5) is 16.5 Å². The molecule has 1 atom stereocenters. The monoisotopic (exact) mass is 442 g/mol. The van der Waals surface area contributed by atoms with Crippen LogP contribution in [-0.2, 0) is 6.42 Å². The highest BCUT2D eigenvalue weighted by atomic mass is 32.2. The van der Waals surface area contributed by atoms with Crippen LogP contribution in [0.3, 0.4) is 0 Å². The number of benzene rings is 2. The van der Waals surface area contributed by atoms with Crippen LogP contribution in [0.1, 0.15) is 25.3 Å². The summed E-state index contributed by atoms with van der Waals surface area (Å²) < 4.78 is 0.856. The predicted octanol–water partition coefficient (Wildman–Crippen LogP) is 5.33. The Labute approximate surface area is 183 Å². The van der Waals surface area contributed by atoms with Crippen molar-refractivity contribution in [3.63, 3.8) is 0 Å². The van der Waals surface area contributed by atoms with Gasteiger partial charge in [0, 0.05) is 18.0 Å². The van der Waals surface area contributed by atoms with Crippen molar-refractivity contribution in [1.29, 1.82) is 0 Å². The molecule has 0 spiro atoms. The number of hydrogen-bond donors (Lipinski definition) is 3. The second-order valence-electron chi connectivity index (χ2n) is 7.13. The molecule has 0 saturated carbocycles. The Morgan fingerprint density at radius 3 is 2.83 bits per heavy atom. The van der Waals surface area contributed by atoms with Crippen molar-refractivity contribution in [1.82, 2.24) is 4.98 Å². The molecule has 1 aliphatic rings. The van der Waals surface area contributed by atoms with Crippen LogP contribution in [0, 0.1) is 5.21 Å². The first kappa shape index (κ1) is 20.9. The lowest BCUT2D eigenvalue weighted by atomic mass is 10.1. The quantitative estimate of drug-likeness (QED) is 0.406. The van der Waals surface area contributed by atoms with E-state index in [4.69, 9.17) is 10.2 Å². The fourth-order valence-electron chi connectivity index (χ4n) is 3.26. The lowest BCUT2D eigenvalue weighted by Gasteiger charge is -2.20. The minimum Gasteiger partial charge on any atom is -0.733 e. The molecule has 0 radical (unpaired) electrons. The van der Waals surface area contributed by atoms with E-state index in [1.165, 1.54) is 23.3 Å². The first-order chi connectivity index (χ1) is 14.6. The van der Waals surface area contributed by atoms with Crippen molar-refractivity contribution in [3.05, 3.63) is 53.2 Å². The molecule has 1 unspecified atom stereocenters. The van der Waals surface area contributed by atoms with Gasteiger partial charge in [0.1, 0.15) is 0 Å². The van der Waals surface area contributed by atoms with E-state index in [1.807, 2.05) is 0 Å². The van der Waals surface area contributed by atoms with E-state index < -0.39 is 0 Å². The average molecular weight is 443 g/mol. The van der Waals surface area contributed by atoms with Gasteiger partial charge in [0.25, 0.3) is 0 Å². The fourth-order valence-corrected chi connectivity index (χ4v) is 5.19. The Morgan fingerprint density at radius 1 is 1.23 bits per heavy atom. The number of amidine groups is 1. The Balaban J connectivity index is 1.28. The van der Waals surface area contributed by atoms with Crippen LogP contribution in [0.2, 0.25) is 0 Å². The summed E-state index contributed by atoms with van der Waals surface area (Å²) in [5.74, 6) is 1.07. The van der Waals surface area contributed by atoms with Crippen molar-refractivity contribution in [2.24, 2.45) is 4.99 Å². The summed E-state index contributed by atoms with van der Waals surface area (Å²) in [4.78, 5) is 9.25. The Hall–Kier alpha value is -2.33. The summed E-state index contributed by atoms with van der Waals surface area (Å²) in [5.41, 5.74) is 3.31. The molecule has 2 heterocycles. The second kappa shape index (κ2) is 9.65. The lowest BCUT2D eigenvalue weighted by molar-refractivity contribution is 0.296. The molecule has 0 amide bonds. The number of nitrogens with one attached hydrogen (secondary N) is 2. The maximum atomic E-state index is 11.0. The molecule has 0 aliphatic carbocycles. The van der Waals surface area contributed by atoms with Gasteiger partial charge in [0.05, 0.1) is 21.9 Å². The molecule has 0 saturated heterocycles. The molecule has 4 rings (SSSR count). The first-order valence-corrected chi connectivity index (χ1v) is 11.8. The summed E-state index contributed by atoms with van der Waals surface area (Å²) in [7, 11) is 0. The van der Waals surface area contributed by atoms with Crippen molar-refractivity contribution in [2.75, 3.05) is 28.2 Å². The van der Waals surface area contributed by atoms with Gasteiger partial charge < -0.3 is 21.1 Å². The van der Waals surface area contributed by atoms with E-state index in [0.29, 0.717) is 6.04 Å². The number of nitrogens with zero attached hydrogens (tertiary/aromatic N) is 3. The zero-order chi connectivity index (χ0) is 20.9. The summed E-state index contributed by atoms with van der Waals surface area (Å²) in [6, 6.07) is 13.8. The Morgan fingerprint density at radius 2 is 2.07 bits per heavy atom. The van der Waals surface area contributed by atoms with E-state index in [0.717, 1.165) is 51.3 Å². The topological polar surface area (TPSA) is 95.8 Å². The number of thioether (sulfide) groups is 1. The van der Waals surface area contributed by atoms with Gasteiger partial charge in [0.15, 0.2) is 10.3 Å². The zero-order valence-corrected chi connectivity index (χ0v) is 18.3. The Kier molecular flexibility index (Phi) is 6.73. The summed E-state index contributed by atoms with van der Waals surface area (Å²) in [6.07, 6.45) is 3.20. The third-order valence-electron chi connectivity index (χ3n) is 4.82. The number of hydrogen-bond acceptors (Lipinski definition) is 9. The highest BCUT2D eigenvalue weighted by Crippen LogP contribution is 2.29. The molecule has 9 heteroatoms. The summed E-state index contributed by atoms with van der Waals surface area (Å²) >= 11 is 3.26. The maximum absolute atomic E-state index is 11.0. The minimum absolute atomic E-state index is 0.133. The zero-order valence-electron chi connectivity index (χ0n) is 16.7. The number of rotatable bonds is 8. The molecule has 2 aromatic carbocycles. The second-order valence-corrected chi connectivity index (χ2v) is 9.17. The van der Waals surface area contributed by atoms with Crippen LogP contribution in [0.15, 0.2) is 47.5 Å². The van der Waals surface area contributed by atoms with Crippen LogP contribution in [0.5, 0.6) is 0 Å². The highest BCUT2D eigenvalue weighted by molar-refractivity contribution is 8.14. The lowest BCUT2D eigenvalue weighted by Crippen LogP contribution is -2.06. The van der Waals surface area contributed by atoms with Crippen LogP contribution >= 0.6 is 23.1 Å². The van der Waals surface area contributed by atoms with E-state index >= 15 is 0 Å². The number of aliphatic imine (C=N–C) groups is 1. The molecule has 0 fully saturated rings. The SMILES string of the molecule is CCCC1CSC(Nc2ccc(CCNc3nc4ccc(N([O-])O)cc4s3)cc2)=N1. The van der Waals surface area contributed by atoms with Gasteiger partial charge in [-0.15, -0.1) is 0 Å². The van der Waals surface area contributed by atoms with E-state index in [1.54, 1.807) is 30.0 Å². The maximum Gasteiger partial charge on any atom is 0.183 e. The van der Waals surface area contributed by atoms with Crippen molar-refractivity contribution < 1.29 is 5.21 Å². The van der Waals surface area contributed by atoms with Gasteiger partial charge in [-0.25, -0.2) is 4.98 Å². The highest BCUT2D eigenvalue weighted by Gasteiger charge is 2.17. The largest absolute Gasteiger partial charge is 0.733 e. The third-order valence-corrected chi connectivity index (χ3v) is 6.83. The van der Waals surface area contributed by atoms with E-state index in [9.17, 15) is 5.21 Å². The van der Waals surface area contributed by atoms with Gasteiger partial charge in [0.2, 0.25) is 0 Å². The van der Waals surface area contributed by atoms with E-state index in [-0.39, 0.29) is 10.9 Å². The first-order valence-electron chi connectivity index (χ1n) is 9.98. The van der Waals surface area contributed by atoms with Crippen molar-refractivity contribution >= 4 is 55.0 Å². The molecule has 158 valence electrons. The minimum atomic E-state index is -0.133. The number of thiazole rings is 1. The summed E-state index contributed by atoms with van der Waals surface area (Å²) in [6.45, 7) is 2.96. The van der Waals surface area contributed by atoms with Gasteiger partial charge in [-0.3, -0.25) is 10.2 Å². The third kappa shape index (κ3) is 5.23. The van der Waals surface area contributed by atoms with Gasteiger partial charge >= 0.3 is 0 Å². The number of aromatic nitrogens is 1. The molecule has 1 aromatic heterocycles. The van der Waals surface area contributed by atoms with Gasteiger partial charge in [-0.2, -0.15) is 0 Å². The average Bonchev–Trinajstić information content (AvgIpc) is 3.35. The van der Waals surface area contributed by atoms with Crippen LogP contribution < -0.4 is 15.9 Å². The smallest absolute Gasteiger partial charge is 0.183 e.